The molecule has 0 bridgehead atoms. The number of amides is 1. The molecule has 0 spiro atoms. The quantitative estimate of drug-likeness (QED) is 0.871. The van der Waals surface area contributed by atoms with Crippen LogP contribution < -0.4 is 5.32 Å². The molecule has 1 aromatic rings. The van der Waals surface area contributed by atoms with Gasteiger partial charge in [0.1, 0.15) is 0 Å². The van der Waals surface area contributed by atoms with E-state index in [9.17, 15) is 13.2 Å². The van der Waals surface area contributed by atoms with Crippen LogP contribution in [0.5, 0.6) is 0 Å². The lowest BCUT2D eigenvalue weighted by Gasteiger charge is -2.27. The number of rotatable bonds is 6. The minimum atomic E-state index is -3.47. The van der Waals surface area contributed by atoms with Crippen LogP contribution >= 0.6 is 0 Å². The molecule has 1 fully saturated rings. The van der Waals surface area contributed by atoms with E-state index < -0.39 is 10.0 Å². The molecule has 1 aliphatic rings. The summed E-state index contributed by atoms with van der Waals surface area (Å²) in [6, 6.07) is 9.19. The van der Waals surface area contributed by atoms with E-state index in [0.717, 1.165) is 37.5 Å². The largest absolute Gasteiger partial charge is 0.352 e. The first-order valence-electron chi connectivity index (χ1n) is 7.69. The van der Waals surface area contributed by atoms with Gasteiger partial charge in [-0.25, -0.2) is 8.42 Å². The van der Waals surface area contributed by atoms with Crippen molar-refractivity contribution < 1.29 is 13.2 Å². The van der Waals surface area contributed by atoms with E-state index in [1.165, 1.54) is 4.31 Å². The number of nitrogens with one attached hydrogen (secondary N) is 1. The number of nitrogens with zero attached hydrogens (tertiary/aromatic N) is 1. The second-order valence-electron chi connectivity index (χ2n) is 5.94. The zero-order chi connectivity index (χ0) is 16.2. The molecule has 0 aliphatic heterocycles. The van der Waals surface area contributed by atoms with E-state index in [-0.39, 0.29) is 24.5 Å². The minimum Gasteiger partial charge on any atom is -0.352 e. The molecule has 2 rings (SSSR count). The lowest BCUT2D eigenvalue weighted by atomic mass is 10.1. The Balaban J connectivity index is 2.08. The van der Waals surface area contributed by atoms with Crippen LogP contribution in [0.15, 0.2) is 30.3 Å². The van der Waals surface area contributed by atoms with Crippen LogP contribution in [0.2, 0.25) is 0 Å². The minimum absolute atomic E-state index is 0.134. The first-order valence-corrected chi connectivity index (χ1v) is 9.54. The Bertz CT molecular complexity index is 595. The first kappa shape index (κ1) is 17.0. The second kappa shape index (κ2) is 7.24. The van der Waals surface area contributed by atoms with Crippen molar-refractivity contribution in [1.29, 1.82) is 0 Å². The number of benzene rings is 1. The van der Waals surface area contributed by atoms with Gasteiger partial charge in [-0.3, -0.25) is 4.79 Å². The fraction of sp³-hybridized carbons (Fsp3) is 0.562. The molecular formula is C16H24N2O3S. The molecule has 1 aliphatic carbocycles. The Hall–Kier alpha value is -1.40. The topological polar surface area (TPSA) is 66.5 Å². The van der Waals surface area contributed by atoms with Gasteiger partial charge in [0, 0.05) is 12.1 Å². The van der Waals surface area contributed by atoms with Gasteiger partial charge in [-0.15, -0.1) is 0 Å². The molecule has 0 radical (unpaired) electrons. The predicted molar refractivity (Wildman–Crippen MR) is 86.8 cm³/mol. The highest BCUT2D eigenvalue weighted by molar-refractivity contribution is 7.88. The number of carbonyl (C=O) groups excluding carboxylic acids is 1. The summed E-state index contributed by atoms with van der Waals surface area (Å²) in [5.74, 6) is -0.222. The molecule has 0 heterocycles. The molecule has 6 heteroatoms. The Labute approximate surface area is 132 Å². The molecule has 1 unspecified atom stereocenters. The Morgan fingerprint density at radius 2 is 1.86 bits per heavy atom. The maximum Gasteiger partial charge on any atom is 0.235 e. The van der Waals surface area contributed by atoms with E-state index in [1.54, 1.807) is 6.92 Å². The van der Waals surface area contributed by atoms with Crippen LogP contribution in [0, 0.1) is 0 Å². The van der Waals surface area contributed by atoms with Crippen molar-refractivity contribution >= 4 is 15.9 Å². The zero-order valence-corrected chi connectivity index (χ0v) is 14.0. The van der Waals surface area contributed by atoms with Crippen molar-refractivity contribution in [1.82, 2.24) is 9.62 Å². The van der Waals surface area contributed by atoms with Crippen molar-refractivity contribution in [3.8, 4) is 0 Å². The lowest BCUT2D eigenvalue weighted by Crippen LogP contribution is -2.44. The lowest BCUT2D eigenvalue weighted by molar-refractivity contribution is -0.122. The normalized spacial score (nSPS) is 17.6. The average molecular weight is 324 g/mol. The van der Waals surface area contributed by atoms with Gasteiger partial charge in [-0.1, -0.05) is 43.2 Å². The van der Waals surface area contributed by atoms with E-state index in [1.807, 2.05) is 30.3 Å². The van der Waals surface area contributed by atoms with Crippen LogP contribution in [0.25, 0.3) is 0 Å². The Morgan fingerprint density at radius 1 is 1.27 bits per heavy atom. The third-order valence-corrected chi connectivity index (χ3v) is 5.46. The average Bonchev–Trinajstić information content (AvgIpc) is 2.96. The van der Waals surface area contributed by atoms with Gasteiger partial charge in [0.25, 0.3) is 0 Å². The molecule has 1 saturated carbocycles. The van der Waals surface area contributed by atoms with E-state index >= 15 is 0 Å². The standard InChI is InChI=1S/C16H24N2O3S/c1-13(14-8-4-3-5-9-14)18(22(2,20)21)12-16(19)17-15-10-6-7-11-15/h3-5,8-9,13,15H,6-7,10-12H2,1-2H3,(H,17,19). The molecule has 0 aromatic heterocycles. The monoisotopic (exact) mass is 324 g/mol. The fourth-order valence-electron chi connectivity index (χ4n) is 2.92. The van der Waals surface area contributed by atoms with E-state index in [0.29, 0.717) is 0 Å². The van der Waals surface area contributed by atoms with Crippen LogP contribution in [0.4, 0.5) is 0 Å². The highest BCUT2D eigenvalue weighted by atomic mass is 32.2. The third kappa shape index (κ3) is 4.55. The third-order valence-electron chi connectivity index (χ3n) is 4.16. The highest BCUT2D eigenvalue weighted by Crippen LogP contribution is 2.22. The van der Waals surface area contributed by atoms with Crippen LogP contribution in [-0.2, 0) is 14.8 Å². The van der Waals surface area contributed by atoms with E-state index in [4.69, 9.17) is 0 Å². The summed E-state index contributed by atoms with van der Waals surface area (Å²) >= 11 is 0. The molecule has 5 nitrogen and oxygen atoms in total. The summed E-state index contributed by atoms with van der Waals surface area (Å²) in [4.78, 5) is 12.2. The summed E-state index contributed by atoms with van der Waals surface area (Å²) < 4.78 is 25.4. The highest BCUT2D eigenvalue weighted by Gasteiger charge is 2.28. The maximum absolute atomic E-state index is 12.2. The van der Waals surface area contributed by atoms with Gasteiger partial charge in [0.15, 0.2) is 0 Å². The van der Waals surface area contributed by atoms with Crippen molar-refractivity contribution in [3.63, 3.8) is 0 Å². The molecular weight excluding hydrogens is 300 g/mol. The summed E-state index contributed by atoms with van der Waals surface area (Å²) in [6.45, 7) is 1.67. The van der Waals surface area contributed by atoms with Crippen LogP contribution in [0.3, 0.4) is 0 Å². The molecule has 1 aromatic carbocycles. The molecule has 1 atom stereocenters. The second-order valence-corrected chi connectivity index (χ2v) is 7.88. The summed E-state index contributed by atoms with van der Waals surface area (Å²) in [5, 5.41) is 2.94. The van der Waals surface area contributed by atoms with Gasteiger partial charge in [0.05, 0.1) is 12.8 Å². The number of hydrogen-bond donors (Lipinski definition) is 1. The number of carbonyl (C=O) groups is 1. The zero-order valence-electron chi connectivity index (χ0n) is 13.2. The van der Waals surface area contributed by atoms with Gasteiger partial charge < -0.3 is 5.32 Å². The molecule has 1 N–H and O–H groups in total. The SMILES string of the molecule is CC(c1ccccc1)N(CC(=O)NC1CCCC1)S(C)(=O)=O. The smallest absolute Gasteiger partial charge is 0.235 e. The van der Waals surface area contributed by atoms with E-state index in [2.05, 4.69) is 5.32 Å². The van der Waals surface area contributed by atoms with Gasteiger partial charge in [-0.2, -0.15) is 4.31 Å². The molecule has 1 amide bonds. The number of sulfonamides is 1. The van der Waals surface area contributed by atoms with Crippen molar-refractivity contribution in [2.24, 2.45) is 0 Å². The summed E-state index contributed by atoms with van der Waals surface area (Å²) in [7, 11) is -3.47. The summed E-state index contributed by atoms with van der Waals surface area (Å²) in [6.07, 6.45) is 5.37. The van der Waals surface area contributed by atoms with Gasteiger partial charge in [0.2, 0.25) is 15.9 Å². The Morgan fingerprint density at radius 3 is 2.41 bits per heavy atom. The van der Waals surface area contributed by atoms with Crippen molar-refractivity contribution in [3.05, 3.63) is 35.9 Å². The maximum atomic E-state index is 12.2. The van der Waals surface area contributed by atoms with Crippen molar-refractivity contribution in [2.75, 3.05) is 12.8 Å². The molecule has 122 valence electrons. The molecule has 22 heavy (non-hydrogen) atoms. The van der Waals surface area contributed by atoms with Crippen LogP contribution in [0.1, 0.15) is 44.2 Å². The number of hydrogen-bond acceptors (Lipinski definition) is 3. The van der Waals surface area contributed by atoms with Crippen LogP contribution in [-0.4, -0.2) is 37.5 Å². The van der Waals surface area contributed by atoms with Gasteiger partial charge >= 0.3 is 0 Å². The van der Waals surface area contributed by atoms with Gasteiger partial charge in [-0.05, 0) is 25.3 Å². The fourth-order valence-corrected chi connectivity index (χ4v) is 3.97. The Kier molecular flexibility index (Phi) is 5.58. The first-order chi connectivity index (χ1) is 10.4. The molecule has 0 saturated heterocycles. The van der Waals surface area contributed by atoms with Crippen molar-refractivity contribution in [2.45, 2.75) is 44.7 Å². The summed E-state index contributed by atoms with van der Waals surface area (Å²) in [5.41, 5.74) is 0.876. The predicted octanol–water partition coefficient (Wildman–Crippen LogP) is 2.07.